The number of ether oxygens (including phenoxy) is 1. The number of methoxy groups -OCH3 is 1. The molecule has 0 aromatic heterocycles. The largest absolute Gasteiger partial charge is 0.496 e. The van der Waals surface area contributed by atoms with Gasteiger partial charge in [-0.3, -0.25) is 4.79 Å². The van der Waals surface area contributed by atoms with Gasteiger partial charge in [-0.25, -0.2) is 0 Å². The van der Waals surface area contributed by atoms with Crippen LogP contribution >= 0.6 is 15.9 Å². The molecule has 3 nitrogen and oxygen atoms in total. The second-order valence-corrected chi connectivity index (χ2v) is 4.93. The zero-order valence-corrected chi connectivity index (χ0v) is 12.0. The van der Waals surface area contributed by atoms with E-state index < -0.39 is 0 Å². The minimum absolute atomic E-state index is 0.0475. The van der Waals surface area contributed by atoms with Gasteiger partial charge in [0.2, 0.25) is 0 Å². The van der Waals surface area contributed by atoms with E-state index in [1.807, 2.05) is 0 Å². The van der Waals surface area contributed by atoms with Gasteiger partial charge in [0, 0.05) is 12.1 Å². The van der Waals surface area contributed by atoms with Gasteiger partial charge in [-0.2, -0.15) is 0 Å². The minimum Gasteiger partial charge on any atom is -0.496 e. The average molecular weight is 300 g/mol. The summed E-state index contributed by atoms with van der Waals surface area (Å²) in [6.07, 6.45) is 1.06. The Hall–Kier alpha value is -1.03. The molecule has 94 valence electrons. The lowest BCUT2D eigenvalue weighted by atomic mass is 10.1. The van der Waals surface area contributed by atoms with Gasteiger partial charge < -0.3 is 10.1 Å². The first-order chi connectivity index (χ1) is 8.08. The van der Waals surface area contributed by atoms with Gasteiger partial charge in [-0.05, 0) is 40.0 Å². The van der Waals surface area contributed by atoms with Crippen molar-refractivity contribution in [2.45, 2.75) is 20.3 Å². The van der Waals surface area contributed by atoms with Gasteiger partial charge in [0.05, 0.1) is 11.6 Å². The fourth-order valence-electron chi connectivity index (χ4n) is 1.32. The van der Waals surface area contributed by atoms with Crippen LogP contribution in [0.25, 0.3) is 0 Å². The number of rotatable bonds is 5. The van der Waals surface area contributed by atoms with Crippen LogP contribution in [0, 0.1) is 5.92 Å². The molecule has 0 saturated heterocycles. The van der Waals surface area contributed by atoms with Crippen molar-refractivity contribution in [2.24, 2.45) is 5.92 Å². The van der Waals surface area contributed by atoms with E-state index in [1.165, 1.54) is 0 Å². The Morgan fingerprint density at radius 1 is 1.53 bits per heavy atom. The molecule has 1 aromatic carbocycles. The summed E-state index contributed by atoms with van der Waals surface area (Å²) in [7, 11) is 1.60. The van der Waals surface area contributed by atoms with E-state index >= 15 is 0 Å². The Morgan fingerprint density at radius 2 is 2.24 bits per heavy atom. The van der Waals surface area contributed by atoms with Gasteiger partial charge in [0.15, 0.2) is 0 Å². The van der Waals surface area contributed by atoms with Crippen LogP contribution in [0.2, 0.25) is 0 Å². The summed E-state index contributed by atoms with van der Waals surface area (Å²) in [6, 6.07) is 5.31. The molecule has 1 amide bonds. The molecule has 0 radical (unpaired) electrons. The van der Waals surface area contributed by atoms with Crippen LogP contribution in [0.4, 0.5) is 0 Å². The van der Waals surface area contributed by atoms with Crippen LogP contribution in [-0.2, 0) is 0 Å². The molecule has 17 heavy (non-hydrogen) atoms. The first-order valence-corrected chi connectivity index (χ1v) is 6.49. The summed E-state index contributed by atoms with van der Waals surface area (Å²) in [5, 5.41) is 2.91. The molecule has 0 fully saturated rings. The Balaban J connectivity index is 2.66. The van der Waals surface area contributed by atoms with E-state index in [4.69, 9.17) is 4.74 Å². The van der Waals surface area contributed by atoms with E-state index in [-0.39, 0.29) is 5.91 Å². The van der Waals surface area contributed by atoms with Crippen LogP contribution in [0.1, 0.15) is 30.6 Å². The third-order valence-electron chi connectivity index (χ3n) is 2.72. The molecule has 0 bridgehead atoms. The highest BCUT2D eigenvalue weighted by Gasteiger charge is 2.09. The second kappa shape index (κ2) is 6.64. The van der Waals surface area contributed by atoms with Crippen molar-refractivity contribution in [1.29, 1.82) is 0 Å². The van der Waals surface area contributed by atoms with Crippen LogP contribution in [0.5, 0.6) is 5.75 Å². The number of nitrogens with one attached hydrogen (secondary N) is 1. The number of amides is 1. The number of hydrogen-bond donors (Lipinski definition) is 1. The summed E-state index contributed by atoms with van der Waals surface area (Å²) in [5.41, 5.74) is 0.640. The van der Waals surface area contributed by atoms with Crippen molar-refractivity contribution in [2.75, 3.05) is 13.7 Å². The number of hydrogen-bond acceptors (Lipinski definition) is 2. The molecule has 0 aliphatic carbocycles. The van der Waals surface area contributed by atoms with Crippen molar-refractivity contribution in [3.8, 4) is 5.75 Å². The molecule has 0 saturated carbocycles. The van der Waals surface area contributed by atoms with Gasteiger partial charge in [0.25, 0.3) is 5.91 Å². The number of carbonyl (C=O) groups is 1. The Kier molecular flexibility index (Phi) is 5.48. The smallest absolute Gasteiger partial charge is 0.251 e. The first kappa shape index (κ1) is 14.0. The maximum atomic E-state index is 11.8. The predicted molar refractivity (Wildman–Crippen MR) is 72.5 cm³/mol. The van der Waals surface area contributed by atoms with Crippen LogP contribution in [0.15, 0.2) is 22.7 Å². The highest BCUT2D eigenvalue weighted by molar-refractivity contribution is 9.10. The minimum atomic E-state index is -0.0475. The second-order valence-electron chi connectivity index (χ2n) is 4.07. The van der Waals surface area contributed by atoms with Gasteiger partial charge >= 0.3 is 0 Å². The van der Waals surface area contributed by atoms with Crippen LogP contribution in [0.3, 0.4) is 0 Å². The fraction of sp³-hybridized carbons (Fsp3) is 0.462. The first-order valence-electron chi connectivity index (χ1n) is 5.70. The monoisotopic (exact) mass is 299 g/mol. The number of benzene rings is 1. The molecule has 1 atom stereocenters. The van der Waals surface area contributed by atoms with E-state index in [1.54, 1.807) is 25.3 Å². The van der Waals surface area contributed by atoms with Crippen molar-refractivity contribution in [1.82, 2.24) is 5.32 Å². The molecular formula is C13H18BrNO2. The molecule has 1 N–H and O–H groups in total. The van der Waals surface area contributed by atoms with E-state index in [9.17, 15) is 4.79 Å². The molecule has 1 aromatic rings. The van der Waals surface area contributed by atoms with Crippen molar-refractivity contribution in [3.05, 3.63) is 28.2 Å². The Bertz CT molecular complexity index is 393. The zero-order chi connectivity index (χ0) is 12.8. The summed E-state index contributed by atoms with van der Waals surface area (Å²) in [4.78, 5) is 11.8. The lowest BCUT2D eigenvalue weighted by molar-refractivity contribution is 0.0947. The highest BCUT2D eigenvalue weighted by atomic mass is 79.9. The molecule has 0 aliphatic rings. The highest BCUT2D eigenvalue weighted by Crippen LogP contribution is 2.25. The lowest BCUT2D eigenvalue weighted by Crippen LogP contribution is -2.28. The van der Waals surface area contributed by atoms with Gasteiger partial charge in [0.1, 0.15) is 5.75 Å². The van der Waals surface area contributed by atoms with E-state index in [2.05, 4.69) is 35.1 Å². The molecule has 0 spiro atoms. The third kappa shape index (κ3) is 4.04. The van der Waals surface area contributed by atoms with Crippen LogP contribution < -0.4 is 10.1 Å². The standard InChI is InChI=1S/C13H18BrNO2/c1-4-9(2)8-15-13(16)10-5-6-12(17-3)11(14)7-10/h5-7,9H,4,8H2,1-3H3,(H,15,16). The quantitative estimate of drug-likeness (QED) is 0.906. The number of halogens is 1. The third-order valence-corrected chi connectivity index (χ3v) is 3.34. The predicted octanol–water partition coefficient (Wildman–Crippen LogP) is 3.23. The number of carbonyl (C=O) groups excluding carboxylic acids is 1. The summed E-state index contributed by atoms with van der Waals surface area (Å²) in [6.45, 7) is 4.93. The normalized spacial score (nSPS) is 12.0. The van der Waals surface area contributed by atoms with Crippen molar-refractivity contribution < 1.29 is 9.53 Å². The molecule has 1 unspecified atom stereocenters. The zero-order valence-electron chi connectivity index (χ0n) is 10.4. The van der Waals surface area contributed by atoms with E-state index in [0.29, 0.717) is 18.0 Å². The maximum Gasteiger partial charge on any atom is 0.251 e. The van der Waals surface area contributed by atoms with Crippen molar-refractivity contribution >= 4 is 21.8 Å². The topological polar surface area (TPSA) is 38.3 Å². The van der Waals surface area contributed by atoms with Gasteiger partial charge in [-0.15, -0.1) is 0 Å². The maximum absolute atomic E-state index is 11.8. The summed E-state index contributed by atoms with van der Waals surface area (Å²) in [5.74, 6) is 1.18. The molecule has 0 heterocycles. The van der Waals surface area contributed by atoms with Crippen molar-refractivity contribution in [3.63, 3.8) is 0 Å². The molecule has 1 rings (SSSR count). The van der Waals surface area contributed by atoms with E-state index in [0.717, 1.165) is 16.6 Å². The lowest BCUT2D eigenvalue weighted by Gasteiger charge is -2.11. The average Bonchev–Trinajstić information content (AvgIpc) is 2.35. The summed E-state index contributed by atoms with van der Waals surface area (Å²) >= 11 is 3.36. The fourth-order valence-corrected chi connectivity index (χ4v) is 1.86. The molecule has 0 aliphatic heterocycles. The van der Waals surface area contributed by atoms with Crippen LogP contribution in [-0.4, -0.2) is 19.6 Å². The summed E-state index contributed by atoms with van der Waals surface area (Å²) < 4.78 is 5.90. The Labute approximate surface area is 111 Å². The molecule has 4 heteroatoms. The molecular weight excluding hydrogens is 282 g/mol. The SMILES string of the molecule is CCC(C)CNC(=O)c1ccc(OC)c(Br)c1. The van der Waals surface area contributed by atoms with Gasteiger partial charge in [-0.1, -0.05) is 20.3 Å². The Morgan fingerprint density at radius 3 is 2.76 bits per heavy atom.